The summed E-state index contributed by atoms with van der Waals surface area (Å²) in [5.41, 5.74) is -0.0636. The Bertz CT molecular complexity index is 384. The lowest BCUT2D eigenvalue weighted by Gasteiger charge is -2.42. The number of aliphatic hydroxyl groups is 1. The first kappa shape index (κ1) is 13.5. The van der Waals surface area contributed by atoms with E-state index in [2.05, 4.69) is 34.8 Å². The Kier molecular flexibility index (Phi) is 4.23. The van der Waals surface area contributed by atoms with Crippen molar-refractivity contribution >= 4 is 27.3 Å². The van der Waals surface area contributed by atoms with Gasteiger partial charge in [0.15, 0.2) is 0 Å². The quantitative estimate of drug-likeness (QED) is 0.931. The summed E-state index contributed by atoms with van der Waals surface area (Å²) >= 11 is 5.07. The Morgan fingerprint density at radius 2 is 2.47 bits per heavy atom. The molecule has 2 rings (SSSR count). The third-order valence-corrected chi connectivity index (χ3v) is 5.46. The molecule has 0 unspecified atom stereocenters. The number of thiazole rings is 1. The van der Waals surface area contributed by atoms with Gasteiger partial charge in [-0.15, -0.1) is 11.3 Å². The summed E-state index contributed by atoms with van der Waals surface area (Å²) in [4.78, 5) is 4.54. The molecule has 3 atom stereocenters. The van der Waals surface area contributed by atoms with Crippen molar-refractivity contribution in [3.63, 3.8) is 0 Å². The first-order valence-corrected chi connectivity index (χ1v) is 7.57. The smallest absolute Gasteiger partial charge is 0.117 e. The summed E-state index contributed by atoms with van der Waals surface area (Å²) in [5, 5.41) is 12.3. The first-order valence-electron chi connectivity index (χ1n) is 5.90. The fourth-order valence-electron chi connectivity index (χ4n) is 2.51. The fraction of sp³-hybridized carbons (Fsp3) is 0.750. The monoisotopic (exact) mass is 319 g/mol. The van der Waals surface area contributed by atoms with Crippen LogP contribution in [0.5, 0.6) is 0 Å². The van der Waals surface area contributed by atoms with Crippen LogP contribution in [0.2, 0.25) is 0 Å². The average molecular weight is 320 g/mol. The van der Waals surface area contributed by atoms with Crippen molar-refractivity contribution in [2.45, 2.75) is 38.2 Å². The largest absolute Gasteiger partial charge is 0.396 e. The minimum absolute atomic E-state index is 0.0636. The van der Waals surface area contributed by atoms with Crippen LogP contribution >= 0.6 is 27.3 Å². The first-order chi connectivity index (χ1) is 8.06. The third-order valence-electron chi connectivity index (χ3n) is 3.63. The zero-order chi connectivity index (χ0) is 12.5. The van der Waals surface area contributed by atoms with Crippen LogP contribution in [-0.2, 0) is 10.2 Å². The second kappa shape index (κ2) is 5.34. The molecule has 1 fully saturated rings. The van der Waals surface area contributed by atoms with Gasteiger partial charge in [-0.05, 0) is 41.6 Å². The lowest BCUT2D eigenvalue weighted by Crippen LogP contribution is -2.44. The highest BCUT2D eigenvalue weighted by molar-refractivity contribution is 9.10. The van der Waals surface area contributed by atoms with Gasteiger partial charge in [-0.1, -0.05) is 6.92 Å². The maximum atomic E-state index is 9.22. The molecule has 0 radical (unpaired) electrons. The molecule has 0 amide bonds. The van der Waals surface area contributed by atoms with Crippen LogP contribution in [0.1, 0.15) is 31.7 Å². The SMILES string of the molecule is C[C@H]1C[C@@H](CCO)[C@](C)(c2nc(Br)cs2)CO1. The summed E-state index contributed by atoms with van der Waals surface area (Å²) in [7, 11) is 0. The minimum Gasteiger partial charge on any atom is -0.396 e. The molecule has 96 valence electrons. The van der Waals surface area contributed by atoms with Crippen molar-refractivity contribution in [2.75, 3.05) is 13.2 Å². The Balaban J connectivity index is 2.25. The van der Waals surface area contributed by atoms with E-state index in [0.717, 1.165) is 22.5 Å². The molecule has 1 saturated heterocycles. The van der Waals surface area contributed by atoms with Gasteiger partial charge in [0.25, 0.3) is 0 Å². The Morgan fingerprint density at radius 3 is 3.06 bits per heavy atom. The van der Waals surface area contributed by atoms with E-state index in [1.54, 1.807) is 11.3 Å². The Morgan fingerprint density at radius 1 is 1.71 bits per heavy atom. The molecule has 5 heteroatoms. The predicted octanol–water partition coefficient (Wildman–Crippen LogP) is 2.97. The molecular weight excluding hydrogens is 302 g/mol. The van der Waals surface area contributed by atoms with Gasteiger partial charge in [0.2, 0.25) is 0 Å². The highest BCUT2D eigenvalue weighted by atomic mass is 79.9. The standard InChI is InChI=1S/C12H18BrNO2S/c1-8-5-9(3-4-15)12(2,7-16-8)11-14-10(13)6-17-11/h6,8-9,15H,3-5,7H2,1-2H3/t8-,9+,12+/m0/s1. The lowest BCUT2D eigenvalue weighted by molar-refractivity contribution is -0.0542. The molecule has 17 heavy (non-hydrogen) atoms. The van der Waals surface area contributed by atoms with Crippen molar-refractivity contribution in [3.8, 4) is 0 Å². The fourth-order valence-corrected chi connectivity index (χ4v) is 3.99. The van der Waals surface area contributed by atoms with E-state index in [1.807, 2.05) is 5.38 Å². The van der Waals surface area contributed by atoms with Crippen LogP contribution in [0.25, 0.3) is 0 Å². The molecule has 1 aliphatic rings. The number of ether oxygens (including phenoxy) is 1. The van der Waals surface area contributed by atoms with Crippen LogP contribution in [0.3, 0.4) is 0 Å². The normalized spacial score (nSPS) is 33.9. The van der Waals surface area contributed by atoms with Gasteiger partial charge in [-0.3, -0.25) is 0 Å². The molecule has 1 aromatic heterocycles. The van der Waals surface area contributed by atoms with E-state index < -0.39 is 0 Å². The number of aromatic nitrogens is 1. The molecule has 1 aromatic rings. The Labute approximate surface area is 114 Å². The van der Waals surface area contributed by atoms with Gasteiger partial charge in [-0.2, -0.15) is 0 Å². The predicted molar refractivity (Wildman–Crippen MR) is 72.4 cm³/mol. The van der Waals surface area contributed by atoms with Crippen molar-refractivity contribution in [1.82, 2.24) is 4.98 Å². The molecule has 0 spiro atoms. The summed E-state index contributed by atoms with van der Waals surface area (Å²) in [6.45, 7) is 5.23. The highest BCUT2D eigenvalue weighted by Crippen LogP contribution is 2.42. The highest BCUT2D eigenvalue weighted by Gasteiger charge is 2.42. The number of hydrogen-bond donors (Lipinski definition) is 1. The minimum atomic E-state index is -0.0636. The van der Waals surface area contributed by atoms with Gasteiger partial charge in [0.05, 0.1) is 12.7 Å². The van der Waals surface area contributed by atoms with E-state index in [0.29, 0.717) is 12.5 Å². The second-order valence-corrected chi connectivity index (χ2v) is 6.63. The Hall–Kier alpha value is 0.0300. The summed E-state index contributed by atoms with van der Waals surface area (Å²) in [6, 6.07) is 0. The second-order valence-electron chi connectivity index (χ2n) is 4.96. The van der Waals surface area contributed by atoms with Gasteiger partial charge in [0.1, 0.15) is 9.61 Å². The van der Waals surface area contributed by atoms with Crippen LogP contribution < -0.4 is 0 Å². The zero-order valence-corrected chi connectivity index (χ0v) is 12.6. The van der Waals surface area contributed by atoms with Gasteiger partial charge in [-0.25, -0.2) is 4.98 Å². The van der Waals surface area contributed by atoms with E-state index >= 15 is 0 Å². The van der Waals surface area contributed by atoms with Crippen molar-refractivity contribution < 1.29 is 9.84 Å². The number of nitrogens with zero attached hydrogens (tertiary/aromatic N) is 1. The van der Waals surface area contributed by atoms with Crippen molar-refractivity contribution in [2.24, 2.45) is 5.92 Å². The molecule has 1 aliphatic heterocycles. The van der Waals surface area contributed by atoms with Crippen LogP contribution in [-0.4, -0.2) is 29.4 Å². The van der Waals surface area contributed by atoms with Gasteiger partial charge in [0, 0.05) is 17.4 Å². The van der Waals surface area contributed by atoms with Crippen LogP contribution in [0.4, 0.5) is 0 Å². The number of rotatable bonds is 3. The number of aliphatic hydroxyl groups excluding tert-OH is 1. The molecule has 0 bridgehead atoms. The number of hydrogen-bond acceptors (Lipinski definition) is 4. The average Bonchev–Trinajstić information content (AvgIpc) is 2.72. The lowest BCUT2D eigenvalue weighted by atomic mass is 9.72. The molecule has 1 N–H and O–H groups in total. The third kappa shape index (κ3) is 2.72. The van der Waals surface area contributed by atoms with E-state index in [9.17, 15) is 5.11 Å². The molecular formula is C12H18BrNO2S. The van der Waals surface area contributed by atoms with E-state index in [-0.39, 0.29) is 18.1 Å². The molecule has 0 aromatic carbocycles. The summed E-state index contributed by atoms with van der Waals surface area (Å²) in [6.07, 6.45) is 2.10. The number of halogens is 1. The van der Waals surface area contributed by atoms with Crippen LogP contribution in [0.15, 0.2) is 9.98 Å². The van der Waals surface area contributed by atoms with Crippen LogP contribution in [0, 0.1) is 5.92 Å². The summed E-state index contributed by atoms with van der Waals surface area (Å²) < 4.78 is 6.69. The van der Waals surface area contributed by atoms with Crippen molar-refractivity contribution in [3.05, 3.63) is 15.0 Å². The topological polar surface area (TPSA) is 42.4 Å². The van der Waals surface area contributed by atoms with E-state index in [1.165, 1.54) is 0 Å². The molecule has 0 aliphatic carbocycles. The maximum Gasteiger partial charge on any atom is 0.117 e. The van der Waals surface area contributed by atoms with Crippen molar-refractivity contribution in [1.29, 1.82) is 0 Å². The van der Waals surface area contributed by atoms with Gasteiger partial charge < -0.3 is 9.84 Å². The maximum absolute atomic E-state index is 9.22. The molecule has 2 heterocycles. The molecule has 0 saturated carbocycles. The zero-order valence-electron chi connectivity index (χ0n) is 10.1. The van der Waals surface area contributed by atoms with E-state index in [4.69, 9.17) is 4.74 Å². The molecule has 3 nitrogen and oxygen atoms in total. The van der Waals surface area contributed by atoms with Gasteiger partial charge >= 0.3 is 0 Å². The summed E-state index contributed by atoms with van der Waals surface area (Å²) in [5.74, 6) is 0.439.